The van der Waals surface area contributed by atoms with Gasteiger partial charge in [0.2, 0.25) is 12.2 Å². The molecule has 0 saturated heterocycles. The third-order valence-corrected chi connectivity index (χ3v) is 5.46. The number of hydrogen-bond donors (Lipinski definition) is 2. The monoisotopic (exact) mass is 489 g/mol. The van der Waals surface area contributed by atoms with E-state index in [1.165, 1.54) is 24.3 Å². The van der Waals surface area contributed by atoms with Crippen molar-refractivity contribution in [3.05, 3.63) is 100 Å². The highest BCUT2D eigenvalue weighted by Gasteiger charge is 2.41. The van der Waals surface area contributed by atoms with Gasteiger partial charge in [0, 0.05) is 5.69 Å². The van der Waals surface area contributed by atoms with E-state index in [9.17, 15) is 24.3 Å². The summed E-state index contributed by atoms with van der Waals surface area (Å²) in [6.45, 7) is 7.31. The maximum atomic E-state index is 13.2. The van der Waals surface area contributed by atoms with Crippen LogP contribution in [0.3, 0.4) is 0 Å². The number of anilines is 1. The fourth-order valence-electron chi connectivity index (χ4n) is 3.40. The standard InChI is InChI=1S/C28H27NO7/c1-16-5-10-20(11-6-16)27(33)35-23(25(30)29-22-14-9-18(3)15-19(22)4)24(26(31)32)36-28(34)21-12-7-17(2)8-13-21/h5-15,23-24H,1-4H3,(H,29,30)(H,31,32). The quantitative estimate of drug-likeness (QED) is 0.450. The number of hydrogen-bond acceptors (Lipinski definition) is 6. The molecule has 0 aliphatic heterocycles. The Hall–Kier alpha value is -4.46. The first-order chi connectivity index (χ1) is 17.0. The summed E-state index contributed by atoms with van der Waals surface area (Å²) in [6, 6.07) is 17.8. The molecule has 0 fully saturated rings. The minimum absolute atomic E-state index is 0.0882. The average Bonchev–Trinajstić information content (AvgIpc) is 2.83. The molecule has 0 aromatic heterocycles. The van der Waals surface area contributed by atoms with Crippen molar-refractivity contribution in [3.8, 4) is 0 Å². The van der Waals surface area contributed by atoms with Crippen LogP contribution in [0.25, 0.3) is 0 Å². The zero-order chi connectivity index (χ0) is 26.4. The molecule has 36 heavy (non-hydrogen) atoms. The number of aliphatic carboxylic acids is 1. The number of carbonyl (C=O) groups is 4. The number of ether oxygens (including phenoxy) is 2. The molecule has 0 spiro atoms. The third kappa shape index (κ3) is 6.56. The second-order valence-corrected chi connectivity index (χ2v) is 8.53. The number of aryl methyl sites for hydroxylation is 4. The number of esters is 2. The van der Waals surface area contributed by atoms with Gasteiger partial charge in [-0.1, -0.05) is 53.1 Å². The Morgan fingerprint density at radius 2 is 1.11 bits per heavy atom. The van der Waals surface area contributed by atoms with Gasteiger partial charge in [-0.25, -0.2) is 14.4 Å². The Labute approximate surface area is 208 Å². The van der Waals surface area contributed by atoms with E-state index in [4.69, 9.17) is 9.47 Å². The van der Waals surface area contributed by atoms with Crippen LogP contribution in [0.4, 0.5) is 5.69 Å². The first-order valence-corrected chi connectivity index (χ1v) is 11.2. The molecular formula is C28H27NO7. The molecule has 3 rings (SSSR count). The van der Waals surface area contributed by atoms with Crippen LogP contribution < -0.4 is 5.32 Å². The van der Waals surface area contributed by atoms with Crippen molar-refractivity contribution in [1.82, 2.24) is 0 Å². The first kappa shape index (κ1) is 26.2. The van der Waals surface area contributed by atoms with Crippen LogP contribution in [0, 0.1) is 27.7 Å². The fraction of sp³-hybridized carbons (Fsp3) is 0.214. The molecule has 3 aromatic carbocycles. The minimum Gasteiger partial charge on any atom is -0.478 e. The van der Waals surface area contributed by atoms with Gasteiger partial charge < -0.3 is 19.9 Å². The van der Waals surface area contributed by atoms with Crippen LogP contribution in [0.1, 0.15) is 43.0 Å². The van der Waals surface area contributed by atoms with Crippen LogP contribution in [0.5, 0.6) is 0 Å². The van der Waals surface area contributed by atoms with Crippen molar-refractivity contribution in [2.75, 3.05) is 5.32 Å². The van der Waals surface area contributed by atoms with Crippen LogP contribution in [0.15, 0.2) is 66.7 Å². The van der Waals surface area contributed by atoms with Gasteiger partial charge in [0.25, 0.3) is 5.91 Å². The van der Waals surface area contributed by atoms with E-state index in [-0.39, 0.29) is 11.1 Å². The first-order valence-electron chi connectivity index (χ1n) is 11.2. The second kappa shape index (κ2) is 11.3. The zero-order valence-electron chi connectivity index (χ0n) is 20.4. The lowest BCUT2D eigenvalue weighted by atomic mass is 10.1. The van der Waals surface area contributed by atoms with Crippen molar-refractivity contribution in [2.45, 2.75) is 39.9 Å². The highest BCUT2D eigenvalue weighted by atomic mass is 16.6. The Balaban J connectivity index is 1.92. The summed E-state index contributed by atoms with van der Waals surface area (Å²) in [6.07, 6.45) is -4.06. The molecule has 0 aliphatic carbocycles. The van der Waals surface area contributed by atoms with E-state index >= 15 is 0 Å². The summed E-state index contributed by atoms with van der Waals surface area (Å²) in [4.78, 5) is 50.9. The van der Waals surface area contributed by atoms with Gasteiger partial charge in [-0.2, -0.15) is 0 Å². The summed E-state index contributed by atoms with van der Waals surface area (Å²) in [5.74, 6) is -4.51. The molecule has 0 saturated carbocycles. The van der Waals surface area contributed by atoms with Crippen molar-refractivity contribution in [2.24, 2.45) is 0 Å². The van der Waals surface area contributed by atoms with E-state index in [0.29, 0.717) is 5.69 Å². The van der Waals surface area contributed by atoms with Crippen LogP contribution >= 0.6 is 0 Å². The van der Waals surface area contributed by atoms with Gasteiger partial charge in [0.15, 0.2) is 0 Å². The summed E-state index contributed by atoms with van der Waals surface area (Å²) in [5.41, 5.74) is 4.06. The van der Waals surface area contributed by atoms with Crippen LogP contribution in [-0.4, -0.2) is 41.1 Å². The predicted molar refractivity (Wildman–Crippen MR) is 133 cm³/mol. The molecule has 8 nitrogen and oxygen atoms in total. The summed E-state index contributed by atoms with van der Waals surface area (Å²) >= 11 is 0. The maximum absolute atomic E-state index is 13.2. The topological polar surface area (TPSA) is 119 Å². The summed E-state index contributed by atoms with van der Waals surface area (Å²) in [7, 11) is 0. The molecule has 2 atom stereocenters. The number of carboxylic acid groups (broad SMARTS) is 1. The molecule has 8 heteroatoms. The molecule has 0 bridgehead atoms. The molecule has 2 unspecified atom stereocenters. The van der Waals surface area contributed by atoms with E-state index < -0.39 is 36.0 Å². The Morgan fingerprint density at radius 1 is 0.667 bits per heavy atom. The number of carbonyl (C=O) groups excluding carboxylic acids is 3. The van der Waals surface area contributed by atoms with E-state index in [1.54, 1.807) is 43.3 Å². The average molecular weight is 490 g/mol. The smallest absolute Gasteiger partial charge is 0.349 e. The molecule has 0 radical (unpaired) electrons. The largest absolute Gasteiger partial charge is 0.478 e. The SMILES string of the molecule is Cc1ccc(C(=O)OC(C(=O)O)C(OC(=O)c2ccc(C)cc2)C(=O)Nc2ccc(C)cc2C)cc1. The van der Waals surface area contributed by atoms with Gasteiger partial charge in [-0.05, 0) is 63.6 Å². The zero-order valence-corrected chi connectivity index (χ0v) is 20.4. The number of nitrogens with one attached hydrogen (secondary N) is 1. The highest BCUT2D eigenvalue weighted by Crippen LogP contribution is 2.19. The Kier molecular flexibility index (Phi) is 8.22. The van der Waals surface area contributed by atoms with Crippen molar-refractivity contribution in [3.63, 3.8) is 0 Å². The van der Waals surface area contributed by atoms with Crippen molar-refractivity contribution >= 4 is 29.5 Å². The van der Waals surface area contributed by atoms with Gasteiger partial charge in [0.05, 0.1) is 11.1 Å². The molecule has 1 amide bonds. The van der Waals surface area contributed by atoms with E-state index in [2.05, 4.69) is 5.32 Å². The molecule has 0 aliphatic rings. The van der Waals surface area contributed by atoms with Gasteiger partial charge in [0.1, 0.15) is 0 Å². The van der Waals surface area contributed by atoms with E-state index in [1.807, 2.05) is 26.8 Å². The molecular weight excluding hydrogens is 462 g/mol. The van der Waals surface area contributed by atoms with Crippen molar-refractivity contribution < 1.29 is 33.8 Å². The highest BCUT2D eigenvalue weighted by molar-refractivity contribution is 6.01. The molecule has 3 aromatic rings. The molecule has 186 valence electrons. The van der Waals surface area contributed by atoms with Gasteiger partial charge >= 0.3 is 17.9 Å². The fourth-order valence-corrected chi connectivity index (χ4v) is 3.40. The van der Waals surface area contributed by atoms with Gasteiger partial charge in [-0.3, -0.25) is 4.79 Å². The number of carboxylic acids is 1. The number of amides is 1. The van der Waals surface area contributed by atoms with Crippen LogP contribution in [-0.2, 0) is 19.1 Å². The maximum Gasteiger partial charge on any atom is 0.349 e. The molecule has 2 N–H and O–H groups in total. The lowest BCUT2D eigenvalue weighted by Gasteiger charge is -2.24. The minimum atomic E-state index is -2.10. The lowest BCUT2D eigenvalue weighted by Crippen LogP contribution is -2.48. The molecule has 0 heterocycles. The van der Waals surface area contributed by atoms with Crippen LogP contribution in [0.2, 0.25) is 0 Å². The summed E-state index contributed by atoms with van der Waals surface area (Å²) in [5, 5.41) is 12.4. The predicted octanol–water partition coefficient (Wildman–Crippen LogP) is 4.39. The number of benzene rings is 3. The normalized spacial score (nSPS) is 12.2. The lowest BCUT2D eigenvalue weighted by molar-refractivity contribution is -0.157. The number of rotatable bonds is 8. The summed E-state index contributed by atoms with van der Waals surface area (Å²) < 4.78 is 10.5. The van der Waals surface area contributed by atoms with E-state index in [0.717, 1.165) is 22.3 Å². The van der Waals surface area contributed by atoms with Crippen molar-refractivity contribution in [1.29, 1.82) is 0 Å². The third-order valence-electron chi connectivity index (χ3n) is 5.46. The second-order valence-electron chi connectivity index (χ2n) is 8.53. The van der Waals surface area contributed by atoms with Gasteiger partial charge in [-0.15, -0.1) is 0 Å². The Bertz CT molecular complexity index is 1280. The Morgan fingerprint density at radius 3 is 1.56 bits per heavy atom.